The fourth-order valence-electron chi connectivity index (χ4n) is 1.66. The van der Waals surface area contributed by atoms with Gasteiger partial charge >= 0.3 is 12.0 Å². The number of ether oxygens (including phenoxy) is 2. The summed E-state index contributed by atoms with van der Waals surface area (Å²) in [7, 11) is 0. The molecule has 3 aromatic rings. The molecule has 0 saturated carbocycles. The maximum atomic E-state index is 6.03. The van der Waals surface area contributed by atoms with Crippen molar-refractivity contribution in [3.05, 3.63) is 63.9 Å². The van der Waals surface area contributed by atoms with Gasteiger partial charge in [0.05, 0.1) is 10.0 Å². The molecule has 0 bridgehead atoms. The molecule has 116 valence electrons. The van der Waals surface area contributed by atoms with E-state index in [4.69, 9.17) is 44.3 Å². The normalized spacial score (nSPS) is 10.4. The fraction of sp³-hybridized carbons (Fsp3) is 0. The smallest absolute Gasteiger partial charge is 0.329 e. The molecule has 0 spiro atoms. The Balaban J connectivity index is 1.88. The van der Waals surface area contributed by atoms with Gasteiger partial charge in [-0.3, -0.25) is 0 Å². The van der Waals surface area contributed by atoms with E-state index in [2.05, 4.69) is 15.0 Å². The van der Waals surface area contributed by atoms with Crippen LogP contribution in [0.1, 0.15) is 0 Å². The topological polar surface area (TPSA) is 57.1 Å². The maximum Gasteiger partial charge on any atom is 0.329 e. The minimum Gasteiger partial charge on any atom is -0.423 e. The van der Waals surface area contributed by atoms with Crippen molar-refractivity contribution < 1.29 is 9.47 Å². The number of benzene rings is 2. The quantitative estimate of drug-likeness (QED) is 0.615. The van der Waals surface area contributed by atoms with Gasteiger partial charge in [-0.2, -0.15) is 9.97 Å². The summed E-state index contributed by atoms with van der Waals surface area (Å²) in [5.74, 6) is 0.778. The standard InChI is InChI=1S/C15H8Cl3N3O2/c16-9-5-1-3-7-11(9)22-14-19-13(18)20-15(21-14)23-12-8-4-2-6-10(12)17/h1-8H. The summed E-state index contributed by atoms with van der Waals surface area (Å²) in [6.45, 7) is 0. The molecule has 0 aliphatic heterocycles. The highest BCUT2D eigenvalue weighted by Crippen LogP contribution is 2.30. The van der Waals surface area contributed by atoms with E-state index < -0.39 is 0 Å². The molecule has 3 rings (SSSR count). The van der Waals surface area contributed by atoms with Crippen LogP contribution in [0.5, 0.6) is 23.5 Å². The highest BCUT2D eigenvalue weighted by atomic mass is 35.5. The molecule has 2 aromatic carbocycles. The van der Waals surface area contributed by atoms with Crippen LogP contribution in [-0.2, 0) is 0 Å². The van der Waals surface area contributed by atoms with E-state index in [1.165, 1.54) is 0 Å². The summed E-state index contributed by atoms with van der Waals surface area (Å²) in [6.07, 6.45) is 0. The zero-order chi connectivity index (χ0) is 16.2. The molecule has 0 N–H and O–H groups in total. The van der Waals surface area contributed by atoms with Gasteiger partial charge in [-0.05, 0) is 35.9 Å². The Bertz CT molecular complexity index is 780. The average molecular weight is 369 g/mol. The van der Waals surface area contributed by atoms with Crippen molar-refractivity contribution >= 4 is 34.8 Å². The largest absolute Gasteiger partial charge is 0.423 e. The van der Waals surface area contributed by atoms with Crippen molar-refractivity contribution in [2.24, 2.45) is 0 Å². The summed E-state index contributed by atoms with van der Waals surface area (Å²) in [6, 6.07) is 13.7. The lowest BCUT2D eigenvalue weighted by Crippen LogP contribution is -1.99. The molecule has 0 aliphatic rings. The predicted molar refractivity (Wildman–Crippen MR) is 87.9 cm³/mol. The van der Waals surface area contributed by atoms with Crippen molar-refractivity contribution in [2.75, 3.05) is 0 Å². The third-order valence-corrected chi connectivity index (χ3v) is 3.44. The lowest BCUT2D eigenvalue weighted by atomic mass is 10.3. The first kappa shape index (κ1) is 15.8. The van der Waals surface area contributed by atoms with Gasteiger partial charge in [0.25, 0.3) is 0 Å². The van der Waals surface area contributed by atoms with Crippen molar-refractivity contribution in [3.8, 4) is 23.5 Å². The number of aromatic nitrogens is 3. The molecular formula is C15H8Cl3N3O2. The van der Waals surface area contributed by atoms with Crippen molar-refractivity contribution in [1.82, 2.24) is 15.0 Å². The molecule has 0 atom stereocenters. The molecule has 0 unspecified atom stereocenters. The zero-order valence-electron chi connectivity index (χ0n) is 11.4. The zero-order valence-corrected chi connectivity index (χ0v) is 13.7. The van der Waals surface area contributed by atoms with Crippen LogP contribution in [0, 0.1) is 0 Å². The highest BCUT2D eigenvalue weighted by Gasteiger charge is 2.12. The van der Waals surface area contributed by atoms with Crippen LogP contribution in [-0.4, -0.2) is 15.0 Å². The van der Waals surface area contributed by atoms with E-state index in [0.29, 0.717) is 21.5 Å². The molecule has 5 nitrogen and oxygen atoms in total. The number of para-hydroxylation sites is 2. The third-order valence-electron chi connectivity index (χ3n) is 2.64. The molecule has 0 radical (unpaired) electrons. The Hall–Kier alpha value is -2.08. The molecule has 0 saturated heterocycles. The third kappa shape index (κ3) is 4.01. The van der Waals surface area contributed by atoms with Crippen LogP contribution in [0.3, 0.4) is 0 Å². The molecule has 0 amide bonds. The van der Waals surface area contributed by atoms with Crippen molar-refractivity contribution in [3.63, 3.8) is 0 Å². The minimum absolute atomic E-state index is 0.0415. The molecule has 0 fully saturated rings. The van der Waals surface area contributed by atoms with Gasteiger partial charge in [-0.25, -0.2) is 0 Å². The molecule has 1 aromatic heterocycles. The predicted octanol–water partition coefficient (Wildman–Crippen LogP) is 5.42. The number of rotatable bonds is 4. The monoisotopic (exact) mass is 367 g/mol. The lowest BCUT2D eigenvalue weighted by Gasteiger charge is -2.08. The lowest BCUT2D eigenvalue weighted by molar-refractivity contribution is 0.397. The Kier molecular flexibility index (Phi) is 4.81. The second kappa shape index (κ2) is 7.00. The summed E-state index contributed by atoms with van der Waals surface area (Å²) in [5, 5.41) is 0.749. The molecule has 8 heteroatoms. The maximum absolute atomic E-state index is 6.03. The first-order chi connectivity index (χ1) is 11.1. The Morgan fingerprint density at radius 1 is 0.609 bits per heavy atom. The number of hydrogen-bond donors (Lipinski definition) is 0. The molecule has 0 aliphatic carbocycles. The van der Waals surface area contributed by atoms with E-state index in [-0.39, 0.29) is 17.3 Å². The van der Waals surface area contributed by atoms with Crippen molar-refractivity contribution in [1.29, 1.82) is 0 Å². The van der Waals surface area contributed by atoms with Gasteiger partial charge in [0.2, 0.25) is 5.28 Å². The van der Waals surface area contributed by atoms with Gasteiger partial charge in [0, 0.05) is 0 Å². The average Bonchev–Trinajstić information content (AvgIpc) is 2.51. The van der Waals surface area contributed by atoms with Crippen LogP contribution in [0.25, 0.3) is 0 Å². The van der Waals surface area contributed by atoms with Crippen LogP contribution in [0.4, 0.5) is 0 Å². The number of halogens is 3. The van der Waals surface area contributed by atoms with Gasteiger partial charge < -0.3 is 9.47 Å². The Morgan fingerprint density at radius 3 is 1.48 bits per heavy atom. The summed E-state index contributed by atoms with van der Waals surface area (Å²) < 4.78 is 11.0. The van der Waals surface area contributed by atoms with Crippen LogP contribution >= 0.6 is 34.8 Å². The van der Waals surface area contributed by atoms with Gasteiger partial charge in [0.1, 0.15) is 11.5 Å². The molecular weight excluding hydrogens is 361 g/mol. The van der Waals surface area contributed by atoms with E-state index >= 15 is 0 Å². The molecule has 23 heavy (non-hydrogen) atoms. The summed E-state index contributed by atoms with van der Waals surface area (Å²) >= 11 is 17.9. The van der Waals surface area contributed by atoms with Crippen LogP contribution in [0.15, 0.2) is 48.5 Å². The number of hydrogen-bond acceptors (Lipinski definition) is 5. The second-order valence-electron chi connectivity index (χ2n) is 4.23. The van der Waals surface area contributed by atoms with Gasteiger partial charge in [-0.15, -0.1) is 4.98 Å². The second-order valence-corrected chi connectivity index (χ2v) is 5.39. The summed E-state index contributed by atoms with van der Waals surface area (Å²) in [4.78, 5) is 11.8. The van der Waals surface area contributed by atoms with E-state index in [9.17, 15) is 0 Å². The van der Waals surface area contributed by atoms with Gasteiger partial charge in [0.15, 0.2) is 0 Å². The van der Waals surface area contributed by atoms with E-state index in [1.807, 2.05) is 0 Å². The summed E-state index contributed by atoms with van der Waals surface area (Å²) in [5.41, 5.74) is 0. The SMILES string of the molecule is Clc1nc(Oc2ccccc2Cl)nc(Oc2ccccc2Cl)n1. The fourth-order valence-corrected chi connectivity index (χ4v) is 2.15. The molecule has 1 heterocycles. The van der Waals surface area contributed by atoms with E-state index in [1.54, 1.807) is 48.5 Å². The van der Waals surface area contributed by atoms with Crippen molar-refractivity contribution in [2.45, 2.75) is 0 Å². The van der Waals surface area contributed by atoms with E-state index in [0.717, 1.165) is 0 Å². The highest BCUT2D eigenvalue weighted by molar-refractivity contribution is 6.32. The first-order valence-electron chi connectivity index (χ1n) is 6.38. The van der Waals surface area contributed by atoms with Crippen LogP contribution in [0.2, 0.25) is 15.3 Å². The van der Waals surface area contributed by atoms with Crippen LogP contribution < -0.4 is 9.47 Å². The Morgan fingerprint density at radius 2 is 1.04 bits per heavy atom. The Labute approximate surface area is 146 Å². The minimum atomic E-state index is -0.0795. The number of nitrogens with zero attached hydrogens (tertiary/aromatic N) is 3. The first-order valence-corrected chi connectivity index (χ1v) is 7.51. The van der Waals surface area contributed by atoms with Gasteiger partial charge in [-0.1, -0.05) is 47.5 Å².